The van der Waals surface area contributed by atoms with Crippen molar-refractivity contribution in [1.82, 2.24) is 9.88 Å². The molecule has 34 heavy (non-hydrogen) atoms. The van der Waals surface area contributed by atoms with E-state index in [1.807, 2.05) is 24.3 Å². The van der Waals surface area contributed by atoms with Crippen molar-refractivity contribution >= 4 is 34.3 Å². The lowest BCUT2D eigenvalue weighted by Crippen LogP contribution is -2.46. The Morgan fingerprint density at radius 3 is 2.12 bits per heavy atom. The Kier molecular flexibility index (Phi) is 8.15. The predicted octanol–water partition coefficient (Wildman–Crippen LogP) is 2.77. The highest BCUT2D eigenvalue weighted by atomic mass is 16.5. The fraction of sp³-hybridized carbons (Fsp3) is 0.280. The number of ether oxygens (including phenoxy) is 1. The van der Waals surface area contributed by atoms with Crippen LogP contribution < -0.4 is 9.64 Å². The van der Waals surface area contributed by atoms with Crippen LogP contribution in [0.1, 0.15) is 23.0 Å². The van der Waals surface area contributed by atoms with E-state index in [0.717, 1.165) is 55.1 Å². The maximum Gasteiger partial charge on any atom is 0.414 e. The highest BCUT2D eigenvalue weighted by molar-refractivity contribution is 6.27. The van der Waals surface area contributed by atoms with Crippen LogP contribution in [-0.2, 0) is 9.59 Å². The molecular formula is C25H27N3O6. The van der Waals surface area contributed by atoms with Gasteiger partial charge in [-0.1, -0.05) is 31.2 Å². The van der Waals surface area contributed by atoms with Crippen molar-refractivity contribution in [2.75, 3.05) is 44.7 Å². The second-order valence-corrected chi connectivity index (χ2v) is 7.64. The van der Waals surface area contributed by atoms with Crippen molar-refractivity contribution in [2.45, 2.75) is 6.92 Å². The molecular weight excluding hydrogens is 438 g/mol. The molecule has 2 N–H and O–H groups in total. The number of likely N-dealkylation sites (N-methyl/N-ethyl adjacent to an activating group) is 1. The summed E-state index contributed by atoms with van der Waals surface area (Å²) in [7, 11) is 1.62. The monoisotopic (exact) mass is 465 g/mol. The van der Waals surface area contributed by atoms with Gasteiger partial charge in [0.15, 0.2) is 0 Å². The largest absolute Gasteiger partial charge is 0.497 e. The highest BCUT2D eigenvalue weighted by Crippen LogP contribution is 2.28. The fourth-order valence-electron chi connectivity index (χ4n) is 3.70. The molecule has 1 aliphatic heterocycles. The Labute approximate surface area is 197 Å². The molecule has 2 aromatic carbocycles. The van der Waals surface area contributed by atoms with Gasteiger partial charge in [0.25, 0.3) is 0 Å². The third-order valence-corrected chi connectivity index (χ3v) is 5.61. The number of fused-ring (bicyclic) bond motifs is 1. The second kappa shape index (κ2) is 11.2. The first-order valence-corrected chi connectivity index (χ1v) is 10.9. The van der Waals surface area contributed by atoms with Crippen LogP contribution in [0.5, 0.6) is 5.75 Å². The van der Waals surface area contributed by atoms with Gasteiger partial charge in [-0.25, -0.2) is 14.6 Å². The first-order chi connectivity index (χ1) is 16.3. The minimum atomic E-state index is -1.82. The smallest absolute Gasteiger partial charge is 0.414 e. The summed E-state index contributed by atoms with van der Waals surface area (Å²) in [5.41, 5.74) is 1.10. The summed E-state index contributed by atoms with van der Waals surface area (Å²) in [6, 6.07) is 17.3. The summed E-state index contributed by atoms with van der Waals surface area (Å²) >= 11 is 0. The number of piperazine rings is 1. The number of carbonyl (C=O) groups is 3. The third-order valence-electron chi connectivity index (χ3n) is 5.61. The number of aromatic nitrogens is 1. The van der Waals surface area contributed by atoms with Crippen LogP contribution in [0.25, 0.3) is 10.8 Å². The Bertz CT molecular complexity index is 1160. The minimum absolute atomic E-state index is 0.0677. The molecule has 0 amide bonds. The Morgan fingerprint density at radius 2 is 1.56 bits per heavy atom. The second-order valence-electron chi connectivity index (χ2n) is 7.64. The molecule has 0 bridgehead atoms. The topological polar surface area (TPSA) is 120 Å². The summed E-state index contributed by atoms with van der Waals surface area (Å²) in [6.07, 6.45) is 0. The van der Waals surface area contributed by atoms with E-state index in [2.05, 4.69) is 22.8 Å². The van der Waals surface area contributed by atoms with Gasteiger partial charge in [-0.3, -0.25) is 4.79 Å². The summed E-state index contributed by atoms with van der Waals surface area (Å²) in [6.45, 7) is 7.14. The number of carboxylic acids is 2. The van der Waals surface area contributed by atoms with Crippen LogP contribution in [0.4, 0.5) is 5.82 Å². The van der Waals surface area contributed by atoms with E-state index in [1.165, 1.54) is 0 Å². The van der Waals surface area contributed by atoms with E-state index in [-0.39, 0.29) is 5.78 Å². The first kappa shape index (κ1) is 24.7. The van der Waals surface area contributed by atoms with Crippen LogP contribution in [-0.4, -0.2) is 77.7 Å². The lowest BCUT2D eigenvalue weighted by atomic mass is 10.0. The van der Waals surface area contributed by atoms with Gasteiger partial charge < -0.3 is 24.7 Å². The van der Waals surface area contributed by atoms with E-state index in [4.69, 9.17) is 29.5 Å². The molecule has 0 radical (unpaired) electrons. The quantitative estimate of drug-likeness (QED) is 0.433. The number of pyridine rings is 1. The number of rotatable bonds is 5. The number of benzene rings is 2. The Hall–Kier alpha value is -3.98. The van der Waals surface area contributed by atoms with E-state index in [9.17, 15) is 4.79 Å². The summed E-state index contributed by atoms with van der Waals surface area (Å²) in [4.78, 5) is 40.9. The van der Waals surface area contributed by atoms with E-state index < -0.39 is 11.9 Å². The van der Waals surface area contributed by atoms with Crippen LogP contribution in [0.3, 0.4) is 0 Å². The molecule has 0 saturated carbocycles. The van der Waals surface area contributed by atoms with Crippen LogP contribution in [0, 0.1) is 0 Å². The number of nitrogens with zero attached hydrogens (tertiary/aromatic N) is 3. The molecule has 178 valence electrons. The number of hydrogen-bond donors (Lipinski definition) is 2. The van der Waals surface area contributed by atoms with Crippen molar-refractivity contribution in [3.05, 3.63) is 65.9 Å². The molecule has 1 aliphatic rings. The summed E-state index contributed by atoms with van der Waals surface area (Å²) in [5, 5.41) is 16.9. The molecule has 9 nitrogen and oxygen atoms in total. The average Bonchev–Trinajstić information content (AvgIpc) is 2.88. The van der Waals surface area contributed by atoms with Crippen molar-refractivity contribution < 1.29 is 29.3 Å². The molecule has 0 atom stereocenters. The third kappa shape index (κ3) is 5.87. The van der Waals surface area contributed by atoms with Gasteiger partial charge in [0.1, 0.15) is 17.3 Å². The molecule has 1 aromatic heterocycles. The zero-order chi connectivity index (χ0) is 24.7. The molecule has 1 fully saturated rings. The minimum Gasteiger partial charge on any atom is -0.497 e. The molecule has 0 aliphatic carbocycles. The Balaban J connectivity index is 0.000000481. The van der Waals surface area contributed by atoms with E-state index in [0.29, 0.717) is 11.3 Å². The maximum absolute atomic E-state index is 13.1. The summed E-state index contributed by atoms with van der Waals surface area (Å²) in [5.74, 6) is -2.07. The number of carbonyl (C=O) groups excluding carboxylic acids is 1. The molecule has 4 rings (SSSR count). The predicted molar refractivity (Wildman–Crippen MR) is 128 cm³/mol. The van der Waals surface area contributed by atoms with Crippen LogP contribution in [0.15, 0.2) is 54.6 Å². The van der Waals surface area contributed by atoms with Crippen molar-refractivity contribution in [2.24, 2.45) is 0 Å². The van der Waals surface area contributed by atoms with Gasteiger partial charge in [0, 0.05) is 37.1 Å². The normalized spacial score (nSPS) is 13.6. The zero-order valence-electron chi connectivity index (χ0n) is 19.1. The average molecular weight is 466 g/mol. The lowest BCUT2D eigenvalue weighted by Gasteiger charge is -2.35. The molecule has 0 spiro atoms. The standard InChI is InChI=1S/C23H25N3O2.C2H2O4/c1-3-25-12-14-26(15-13-25)23-20-7-5-4-6-18(20)16-21(24-23)22(27)17-8-10-19(28-2)11-9-17;3-1(4)2(5)6/h4-11,16H,3,12-15H2,1-2H3;(H,3,4)(H,5,6). The van der Waals surface area contributed by atoms with Gasteiger partial charge in [0.05, 0.1) is 7.11 Å². The van der Waals surface area contributed by atoms with Crippen LogP contribution >= 0.6 is 0 Å². The van der Waals surface area contributed by atoms with Crippen molar-refractivity contribution in [1.29, 1.82) is 0 Å². The number of ketones is 1. The van der Waals surface area contributed by atoms with E-state index >= 15 is 0 Å². The SMILES string of the molecule is CCN1CCN(c2nc(C(=O)c3ccc(OC)cc3)cc3ccccc23)CC1.O=C(O)C(=O)O. The Morgan fingerprint density at radius 1 is 0.941 bits per heavy atom. The molecule has 0 unspecified atom stereocenters. The lowest BCUT2D eigenvalue weighted by molar-refractivity contribution is -0.159. The van der Waals surface area contributed by atoms with Crippen molar-refractivity contribution in [3.63, 3.8) is 0 Å². The molecule has 9 heteroatoms. The fourth-order valence-corrected chi connectivity index (χ4v) is 3.70. The zero-order valence-corrected chi connectivity index (χ0v) is 19.1. The van der Waals surface area contributed by atoms with E-state index in [1.54, 1.807) is 31.4 Å². The highest BCUT2D eigenvalue weighted by Gasteiger charge is 2.21. The number of aliphatic carboxylic acids is 2. The number of carboxylic acid groups (broad SMARTS) is 2. The van der Waals surface area contributed by atoms with Crippen molar-refractivity contribution in [3.8, 4) is 5.75 Å². The van der Waals surface area contributed by atoms with Gasteiger partial charge in [-0.15, -0.1) is 0 Å². The molecule has 2 heterocycles. The van der Waals surface area contributed by atoms with Gasteiger partial charge in [-0.05, 0) is 42.3 Å². The van der Waals surface area contributed by atoms with Gasteiger partial charge in [-0.2, -0.15) is 0 Å². The van der Waals surface area contributed by atoms with Gasteiger partial charge in [0.2, 0.25) is 5.78 Å². The number of methoxy groups -OCH3 is 1. The summed E-state index contributed by atoms with van der Waals surface area (Å²) < 4.78 is 5.19. The number of anilines is 1. The van der Waals surface area contributed by atoms with Crippen LogP contribution in [0.2, 0.25) is 0 Å². The maximum atomic E-state index is 13.1. The number of hydrogen-bond acceptors (Lipinski definition) is 7. The first-order valence-electron chi connectivity index (χ1n) is 10.9. The molecule has 1 saturated heterocycles. The van der Waals surface area contributed by atoms with Gasteiger partial charge >= 0.3 is 11.9 Å². The molecule has 3 aromatic rings.